The molecule has 2 fully saturated rings. The van der Waals surface area contributed by atoms with Gasteiger partial charge in [0.05, 0.1) is 19.3 Å². The van der Waals surface area contributed by atoms with E-state index < -0.39 is 0 Å². The predicted molar refractivity (Wildman–Crippen MR) is 95.3 cm³/mol. The Balaban J connectivity index is 1.51. The van der Waals surface area contributed by atoms with Crippen LogP contribution < -0.4 is 0 Å². The van der Waals surface area contributed by atoms with Gasteiger partial charge in [0.15, 0.2) is 0 Å². The number of hydrogen-bond acceptors (Lipinski definition) is 5. The van der Waals surface area contributed by atoms with E-state index in [1.54, 1.807) is 0 Å². The number of aromatic nitrogens is 3. The van der Waals surface area contributed by atoms with Gasteiger partial charge in [-0.2, -0.15) is 5.10 Å². The summed E-state index contributed by atoms with van der Waals surface area (Å²) in [6.45, 7) is 11.6. The van der Waals surface area contributed by atoms with E-state index in [0.29, 0.717) is 19.1 Å². The van der Waals surface area contributed by atoms with Gasteiger partial charge in [-0.25, -0.2) is 9.67 Å². The van der Waals surface area contributed by atoms with Crippen molar-refractivity contribution in [3.8, 4) is 0 Å². The van der Waals surface area contributed by atoms with Gasteiger partial charge in [-0.3, -0.25) is 9.69 Å². The second kappa shape index (κ2) is 8.27. The molecule has 0 spiro atoms. The molecule has 0 aromatic carbocycles. The molecule has 140 valence electrons. The summed E-state index contributed by atoms with van der Waals surface area (Å²) < 4.78 is 7.68. The number of piperidine rings is 1. The molecule has 7 heteroatoms. The van der Waals surface area contributed by atoms with E-state index in [9.17, 15) is 4.79 Å². The van der Waals surface area contributed by atoms with Gasteiger partial charge in [0.2, 0.25) is 5.91 Å². The highest BCUT2D eigenvalue weighted by molar-refractivity contribution is 5.78. The Morgan fingerprint density at radius 3 is 2.84 bits per heavy atom. The fourth-order valence-corrected chi connectivity index (χ4v) is 3.91. The van der Waals surface area contributed by atoms with Crippen LogP contribution in [0.15, 0.2) is 0 Å². The van der Waals surface area contributed by atoms with Crippen molar-refractivity contribution in [1.29, 1.82) is 0 Å². The van der Waals surface area contributed by atoms with Gasteiger partial charge < -0.3 is 9.64 Å². The van der Waals surface area contributed by atoms with Crippen molar-refractivity contribution >= 4 is 5.91 Å². The standard InChI is InChI=1S/C18H31N5O2/c1-4-17-12-22(8-9-25-17)18(24)13-21-7-5-6-16(10-21)11-23-15(3)19-14(2)20-23/h16-17H,4-13H2,1-3H3. The normalized spacial score (nSPS) is 25.3. The Bertz CT molecular complexity index is 588. The molecule has 7 nitrogen and oxygen atoms in total. The minimum absolute atomic E-state index is 0.199. The minimum Gasteiger partial charge on any atom is -0.375 e. The van der Waals surface area contributed by atoms with Crippen LogP contribution in [0.3, 0.4) is 0 Å². The first-order valence-corrected chi connectivity index (χ1v) is 9.55. The molecule has 0 N–H and O–H groups in total. The van der Waals surface area contributed by atoms with Gasteiger partial charge in [0.25, 0.3) is 0 Å². The van der Waals surface area contributed by atoms with Crippen LogP contribution in [0.4, 0.5) is 0 Å². The number of amides is 1. The highest BCUT2D eigenvalue weighted by Crippen LogP contribution is 2.19. The Morgan fingerprint density at radius 2 is 2.12 bits per heavy atom. The molecule has 2 aliphatic heterocycles. The summed E-state index contributed by atoms with van der Waals surface area (Å²) in [7, 11) is 0. The van der Waals surface area contributed by atoms with E-state index in [1.165, 1.54) is 6.42 Å². The molecule has 0 saturated carbocycles. The first-order valence-electron chi connectivity index (χ1n) is 9.55. The van der Waals surface area contributed by atoms with Crippen molar-refractivity contribution in [2.45, 2.75) is 52.7 Å². The summed E-state index contributed by atoms with van der Waals surface area (Å²) in [4.78, 5) is 21.3. The SMILES string of the molecule is CCC1CN(C(=O)CN2CCCC(Cn3nc(C)nc3C)C2)CCO1. The van der Waals surface area contributed by atoms with Gasteiger partial charge in [-0.15, -0.1) is 0 Å². The highest BCUT2D eigenvalue weighted by atomic mass is 16.5. The Morgan fingerprint density at radius 1 is 1.28 bits per heavy atom. The molecule has 2 atom stereocenters. The number of ether oxygens (including phenoxy) is 1. The topological polar surface area (TPSA) is 63.5 Å². The molecule has 1 aromatic rings. The van der Waals surface area contributed by atoms with E-state index in [0.717, 1.165) is 57.2 Å². The van der Waals surface area contributed by atoms with Crippen LogP contribution in [0.25, 0.3) is 0 Å². The molecule has 0 bridgehead atoms. The molecule has 3 heterocycles. The molecule has 25 heavy (non-hydrogen) atoms. The molecule has 1 aromatic heterocycles. The van der Waals surface area contributed by atoms with Crippen molar-refractivity contribution in [2.24, 2.45) is 5.92 Å². The van der Waals surface area contributed by atoms with Crippen LogP contribution in [-0.2, 0) is 16.1 Å². The van der Waals surface area contributed by atoms with Crippen molar-refractivity contribution < 1.29 is 9.53 Å². The summed E-state index contributed by atoms with van der Waals surface area (Å²) >= 11 is 0. The van der Waals surface area contributed by atoms with Crippen molar-refractivity contribution in [3.63, 3.8) is 0 Å². The Kier molecular flexibility index (Phi) is 6.06. The maximum absolute atomic E-state index is 12.7. The van der Waals surface area contributed by atoms with Crippen LogP contribution in [0, 0.1) is 19.8 Å². The van der Waals surface area contributed by atoms with Crippen LogP contribution in [-0.4, -0.2) is 75.9 Å². The first-order chi connectivity index (χ1) is 12.0. The van der Waals surface area contributed by atoms with E-state index in [-0.39, 0.29) is 12.0 Å². The maximum atomic E-state index is 12.7. The zero-order valence-electron chi connectivity index (χ0n) is 15.8. The zero-order chi connectivity index (χ0) is 17.8. The van der Waals surface area contributed by atoms with Crippen LogP contribution in [0.5, 0.6) is 0 Å². The Hall–Kier alpha value is -1.47. The summed E-state index contributed by atoms with van der Waals surface area (Å²) in [5.41, 5.74) is 0. The average molecular weight is 349 g/mol. The third-order valence-electron chi connectivity index (χ3n) is 5.30. The van der Waals surface area contributed by atoms with Crippen molar-refractivity contribution in [3.05, 3.63) is 11.6 Å². The summed E-state index contributed by atoms with van der Waals surface area (Å²) in [5, 5.41) is 4.48. The molecule has 0 aliphatic carbocycles. The van der Waals surface area contributed by atoms with Crippen molar-refractivity contribution in [1.82, 2.24) is 24.6 Å². The maximum Gasteiger partial charge on any atom is 0.236 e. The van der Waals surface area contributed by atoms with Crippen LogP contribution in [0.1, 0.15) is 37.8 Å². The molecule has 0 radical (unpaired) electrons. The van der Waals surface area contributed by atoms with Gasteiger partial charge in [-0.05, 0) is 45.6 Å². The van der Waals surface area contributed by atoms with Crippen LogP contribution >= 0.6 is 0 Å². The Labute approximate surface area is 150 Å². The lowest BCUT2D eigenvalue weighted by molar-refractivity contribution is -0.140. The summed E-state index contributed by atoms with van der Waals surface area (Å²) in [5.74, 6) is 2.59. The second-order valence-corrected chi connectivity index (χ2v) is 7.37. The van der Waals surface area contributed by atoms with Crippen molar-refractivity contribution in [2.75, 3.05) is 39.3 Å². The smallest absolute Gasteiger partial charge is 0.236 e. The minimum atomic E-state index is 0.199. The summed E-state index contributed by atoms with van der Waals surface area (Å²) in [6, 6.07) is 0. The van der Waals surface area contributed by atoms with E-state index in [4.69, 9.17) is 4.74 Å². The van der Waals surface area contributed by atoms with E-state index >= 15 is 0 Å². The van der Waals surface area contributed by atoms with E-state index in [1.807, 2.05) is 23.4 Å². The summed E-state index contributed by atoms with van der Waals surface area (Å²) in [6.07, 6.45) is 3.50. The molecule has 2 aliphatic rings. The molecule has 2 unspecified atom stereocenters. The number of rotatable bonds is 5. The van der Waals surface area contributed by atoms with Gasteiger partial charge >= 0.3 is 0 Å². The molecule has 2 saturated heterocycles. The molecular formula is C18H31N5O2. The number of carbonyl (C=O) groups excluding carboxylic acids is 1. The molecule has 3 rings (SSSR count). The molecule has 1 amide bonds. The second-order valence-electron chi connectivity index (χ2n) is 7.37. The third-order valence-corrected chi connectivity index (χ3v) is 5.30. The lowest BCUT2D eigenvalue weighted by Crippen LogP contribution is -2.50. The zero-order valence-corrected chi connectivity index (χ0v) is 15.8. The number of carbonyl (C=O) groups is 1. The fourth-order valence-electron chi connectivity index (χ4n) is 3.91. The largest absolute Gasteiger partial charge is 0.375 e. The lowest BCUT2D eigenvalue weighted by Gasteiger charge is -2.36. The number of likely N-dealkylation sites (tertiary alicyclic amines) is 1. The first kappa shape index (κ1) is 18.3. The van der Waals surface area contributed by atoms with Gasteiger partial charge in [0, 0.05) is 26.2 Å². The van der Waals surface area contributed by atoms with Crippen LogP contribution in [0.2, 0.25) is 0 Å². The monoisotopic (exact) mass is 349 g/mol. The quantitative estimate of drug-likeness (QED) is 0.800. The number of hydrogen-bond donors (Lipinski definition) is 0. The fraction of sp³-hybridized carbons (Fsp3) is 0.833. The average Bonchev–Trinajstić information content (AvgIpc) is 2.92. The van der Waals surface area contributed by atoms with Gasteiger partial charge in [0.1, 0.15) is 11.6 Å². The third kappa shape index (κ3) is 4.79. The molecular weight excluding hydrogens is 318 g/mol. The predicted octanol–water partition coefficient (Wildman–Crippen LogP) is 1.24. The van der Waals surface area contributed by atoms with E-state index in [2.05, 4.69) is 21.9 Å². The lowest BCUT2D eigenvalue weighted by atomic mass is 9.98. The number of aryl methyl sites for hydroxylation is 2. The van der Waals surface area contributed by atoms with Gasteiger partial charge in [-0.1, -0.05) is 6.92 Å². The highest BCUT2D eigenvalue weighted by Gasteiger charge is 2.27. The number of morpholine rings is 1. The number of nitrogens with zero attached hydrogens (tertiary/aromatic N) is 5.